The molecule has 0 spiro atoms. The molecular weight excluding hydrogens is 256 g/mol. The monoisotopic (exact) mass is 286 g/mol. The molecule has 0 saturated carbocycles. The smallest absolute Gasteiger partial charge is 0.123 e. The maximum atomic E-state index is 5.93. The highest BCUT2D eigenvalue weighted by Crippen LogP contribution is 2.35. The first-order chi connectivity index (χ1) is 9.93. The lowest BCUT2D eigenvalue weighted by Crippen LogP contribution is -2.15. The molecule has 0 amide bonds. The minimum Gasteiger partial charge on any atom is -0.493 e. The first kappa shape index (κ1) is 17.6. The predicted molar refractivity (Wildman–Crippen MR) is 92.0 cm³/mol. The number of benzene rings is 1. The van der Waals surface area contributed by atoms with E-state index in [-0.39, 0.29) is 5.41 Å². The SMILES string of the molecule is C#CCC(CCC)c1ccc(OCCC)c(C(C)(C)C)c1. The average molecular weight is 286 g/mol. The van der Waals surface area contributed by atoms with E-state index in [1.165, 1.54) is 11.1 Å². The molecule has 0 aliphatic rings. The highest BCUT2D eigenvalue weighted by Gasteiger charge is 2.21. The lowest BCUT2D eigenvalue weighted by Gasteiger charge is -2.25. The van der Waals surface area contributed by atoms with Gasteiger partial charge in [0.25, 0.3) is 0 Å². The Hall–Kier alpha value is -1.42. The van der Waals surface area contributed by atoms with Crippen LogP contribution in [0.5, 0.6) is 5.75 Å². The van der Waals surface area contributed by atoms with Gasteiger partial charge in [-0.1, -0.05) is 53.2 Å². The molecule has 21 heavy (non-hydrogen) atoms. The molecular formula is C20H30O. The second-order valence-corrected chi connectivity index (χ2v) is 6.75. The van der Waals surface area contributed by atoms with E-state index in [1.54, 1.807) is 0 Å². The third kappa shape index (κ3) is 5.12. The van der Waals surface area contributed by atoms with Gasteiger partial charge < -0.3 is 4.74 Å². The molecule has 0 bridgehead atoms. The van der Waals surface area contributed by atoms with Crippen LogP contribution >= 0.6 is 0 Å². The Bertz CT molecular complexity index is 474. The lowest BCUT2D eigenvalue weighted by atomic mass is 9.82. The predicted octanol–water partition coefficient (Wildman–Crippen LogP) is 5.68. The molecule has 0 radical (unpaired) electrons. The fourth-order valence-electron chi connectivity index (χ4n) is 2.60. The Balaban J connectivity index is 3.16. The fraction of sp³-hybridized carbons (Fsp3) is 0.600. The summed E-state index contributed by atoms with van der Waals surface area (Å²) >= 11 is 0. The Labute approximate surface area is 131 Å². The van der Waals surface area contributed by atoms with Crippen molar-refractivity contribution in [1.82, 2.24) is 0 Å². The van der Waals surface area contributed by atoms with Gasteiger partial charge >= 0.3 is 0 Å². The molecule has 0 N–H and O–H groups in total. The van der Waals surface area contributed by atoms with E-state index in [4.69, 9.17) is 11.2 Å². The topological polar surface area (TPSA) is 9.23 Å². The van der Waals surface area contributed by atoms with Crippen LogP contribution in [0.2, 0.25) is 0 Å². The number of terminal acetylenes is 1. The summed E-state index contributed by atoms with van der Waals surface area (Å²) in [5.41, 5.74) is 2.71. The van der Waals surface area contributed by atoms with Crippen molar-refractivity contribution in [1.29, 1.82) is 0 Å². The van der Waals surface area contributed by atoms with Crippen molar-refractivity contribution in [2.45, 2.75) is 71.6 Å². The molecule has 0 aliphatic carbocycles. The van der Waals surface area contributed by atoms with E-state index >= 15 is 0 Å². The van der Waals surface area contributed by atoms with Gasteiger partial charge in [-0.2, -0.15) is 0 Å². The summed E-state index contributed by atoms with van der Waals surface area (Å²) < 4.78 is 5.93. The van der Waals surface area contributed by atoms with Crippen LogP contribution in [0.4, 0.5) is 0 Å². The first-order valence-corrected chi connectivity index (χ1v) is 8.14. The Morgan fingerprint density at radius 3 is 2.43 bits per heavy atom. The van der Waals surface area contributed by atoms with E-state index in [1.807, 2.05) is 0 Å². The highest BCUT2D eigenvalue weighted by molar-refractivity contribution is 5.43. The third-order valence-electron chi connectivity index (χ3n) is 3.75. The average Bonchev–Trinajstić information content (AvgIpc) is 2.44. The zero-order chi connectivity index (χ0) is 15.9. The van der Waals surface area contributed by atoms with Gasteiger partial charge in [-0.05, 0) is 41.4 Å². The van der Waals surface area contributed by atoms with Crippen LogP contribution in [0.3, 0.4) is 0 Å². The molecule has 0 aliphatic heterocycles. The molecule has 116 valence electrons. The maximum absolute atomic E-state index is 5.93. The van der Waals surface area contributed by atoms with Crippen LogP contribution in [0.15, 0.2) is 18.2 Å². The van der Waals surface area contributed by atoms with Crippen molar-refractivity contribution in [3.8, 4) is 18.1 Å². The second-order valence-electron chi connectivity index (χ2n) is 6.75. The van der Waals surface area contributed by atoms with E-state index < -0.39 is 0 Å². The van der Waals surface area contributed by atoms with Crippen molar-refractivity contribution in [3.05, 3.63) is 29.3 Å². The first-order valence-electron chi connectivity index (χ1n) is 8.14. The van der Waals surface area contributed by atoms with Crippen molar-refractivity contribution in [3.63, 3.8) is 0 Å². The minimum absolute atomic E-state index is 0.0754. The van der Waals surface area contributed by atoms with Crippen molar-refractivity contribution < 1.29 is 4.74 Å². The number of hydrogen-bond acceptors (Lipinski definition) is 1. The van der Waals surface area contributed by atoms with Gasteiger partial charge in [0.15, 0.2) is 0 Å². The molecule has 0 aromatic heterocycles. The molecule has 1 unspecified atom stereocenters. The number of hydrogen-bond donors (Lipinski definition) is 0. The van der Waals surface area contributed by atoms with E-state index in [0.717, 1.165) is 38.0 Å². The summed E-state index contributed by atoms with van der Waals surface area (Å²) in [6.07, 6.45) is 9.68. The standard InChI is InChI=1S/C20H30O/c1-7-10-16(11-8-2)17-12-13-19(21-14-9-3)18(15-17)20(4,5)6/h1,12-13,15-16H,8-11,14H2,2-6H3. The van der Waals surface area contributed by atoms with Crippen molar-refractivity contribution in [2.24, 2.45) is 0 Å². The van der Waals surface area contributed by atoms with E-state index in [2.05, 4.69) is 58.7 Å². The van der Waals surface area contributed by atoms with Gasteiger partial charge in [0.1, 0.15) is 5.75 Å². The third-order valence-corrected chi connectivity index (χ3v) is 3.75. The molecule has 1 aromatic carbocycles. The van der Waals surface area contributed by atoms with Crippen LogP contribution in [-0.2, 0) is 5.41 Å². The van der Waals surface area contributed by atoms with Gasteiger partial charge in [0.05, 0.1) is 6.61 Å². The maximum Gasteiger partial charge on any atom is 0.123 e. The van der Waals surface area contributed by atoms with Crippen molar-refractivity contribution in [2.75, 3.05) is 6.61 Å². The quantitative estimate of drug-likeness (QED) is 0.586. The molecule has 1 nitrogen and oxygen atoms in total. The van der Waals surface area contributed by atoms with E-state index in [9.17, 15) is 0 Å². The van der Waals surface area contributed by atoms with Crippen LogP contribution in [0, 0.1) is 12.3 Å². The van der Waals surface area contributed by atoms with E-state index in [0.29, 0.717) is 5.92 Å². The van der Waals surface area contributed by atoms with Gasteiger partial charge in [0.2, 0.25) is 0 Å². The minimum atomic E-state index is 0.0754. The summed E-state index contributed by atoms with van der Waals surface area (Å²) in [6, 6.07) is 6.63. The van der Waals surface area contributed by atoms with Crippen LogP contribution < -0.4 is 4.74 Å². The number of ether oxygens (including phenoxy) is 1. The number of rotatable bonds is 7. The Morgan fingerprint density at radius 1 is 1.19 bits per heavy atom. The van der Waals surface area contributed by atoms with Crippen molar-refractivity contribution >= 4 is 0 Å². The second kappa shape index (κ2) is 8.13. The fourth-order valence-corrected chi connectivity index (χ4v) is 2.60. The lowest BCUT2D eigenvalue weighted by molar-refractivity contribution is 0.308. The highest BCUT2D eigenvalue weighted by atomic mass is 16.5. The summed E-state index contributed by atoms with van der Waals surface area (Å²) in [4.78, 5) is 0. The van der Waals surface area contributed by atoms with Gasteiger partial charge in [-0.25, -0.2) is 0 Å². The summed E-state index contributed by atoms with van der Waals surface area (Å²) in [6.45, 7) is 11.8. The molecule has 1 rings (SSSR count). The molecule has 0 fully saturated rings. The van der Waals surface area contributed by atoms with Crippen LogP contribution in [0.25, 0.3) is 0 Å². The zero-order valence-corrected chi connectivity index (χ0v) is 14.3. The Kier molecular flexibility index (Phi) is 6.82. The molecule has 1 heteroatoms. The summed E-state index contributed by atoms with van der Waals surface area (Å²) in [5.74, 6) is 4.30. The molecule has 1 atom stereocenters. The van der Waals surface area contributed by atoms with Crippen LogP contribution in [0.1, 0.15) is 77.3 Å². The van der Waals surface area contributed by atoms with Gasteiger partial charge in [0, 0.05) is 6.42 Å². The largest absolute Gasteiger partial charge is 0.493 e. The molecule has 0 heterocycles. The summed E-state index contributed by atoms with van der Waals surface area (Å²) in [7, 11) is 0. The van der Waals surface area contributed by atoms with Gasteiger partial charge in [-0.15, -0.1) is 12.3 Å². The van der Waals surface area contributed by atoms with Crippen LogP contribution in [-0.4, -0.2) is 6.61 Å². The normalized spacial score (nSPS) is 12.8. The molecule has 1 aromatic rings. The van der Waals surface area contributed by atoms with Gasteiger partial charge in [-0.3, -0.25) is 0 Å². The zero-order valence-electron chi connectivity index (χ0n) is 14.3. The molecule has 0 saturated heterocycles. The Morgan fingerprint density at radius 2 is 1.90 bits per heavy atom. The summed E-state index contributed by atoms with van der Waals surface area (Å²) in [5, 5.41) is 0.